The molecule has 15 heavy (non-hydrogen) atoms. The molecule has 3 heteroatoms. The van der Waals surface area contributed by atoms with Crippen molar-refractivity contribution in [2.24, 2.45) is 11.8 Å². The molecule has 2 aliphatic rings. The zero-order valence-electron chi connectivity index (χ0n) is 9.67. The molecule has 2 saturated heterocycles. The van der Waals surface area contributed by atoms with Gasteiger partial charge in [0.1, 0.15) is 0 Å². The predicted molar refractivity (Wildman–Crippen MR) is 60.6 cm³/mol. The lowest BCUT2D eigenvalue weighted by Crippen LogP contribution is -2.43. The number of hydrogen-bond acceptors (Lipinski definition) is 2. The van der Waals surface area contributed by atoms with E-state index in [0.717, 1.165) is 38.5 Å². The Kier molecular flexibility index (Phi) is 3.62. The van der Waals surface area contributed by atoms with Crippen LogP contribution < -0.4 is 5.32 Å². The highest BCUT2D eigenvalue weighted by Crippen LogP contribution is 2.22. The fraction of sp³-hybridized carbons (Fsp3) is 0.917. The number of nitrogens with zero attached hydrogens (tertiary/aromatic N) is 1. The van der Waals surface area contributed by atoms with Gasteiger partial charge in [0, 0.05) is 19.6 Å². The molecule has 3 nitrogen and oxygen atoms in total. The van der Waals surface area contributed by atoms with Crippen molar-refractivity contribution in [3.8, 4) is 0 Å². The molecule has 0 aromatic carbocycles. The van der Waals surface area contributed by atoms with E-state index in [1.165, 1.54) is 19.3 Å². The van der Waals surface area contributed by atoms with Gasteiger partial charge in [0.15, 0.2) is 0 Å². The minimum absolute atomic E-state index is 0.264. The number of nitrogens with one attached hydrogen (secondary N) is 1. The summed E-state index contributed by atoms with van der Waals surface area (Å²) in [5, 5.41) is 3.27. The van der Waals surface area contributed by atoms with Crippen LogP contribution in [0.3, 0.4) is 0 Å². The summed E-state index contributed by atoms with van der Waals surface area (Å²) in [5.74, 6) is 1.41. The Balaban J connectivity index is 1.88. The molecular formula is C12H22N2O. The van der Waals surface area contributed by atoms with Crippen LogP contribution in [-0.4, -0.2) is 37.0 Å². The third kappa shape index (κ3) is 2.51. The average molecular weight is 210 g/mol. The zero-order valence-corrected chi connectivity index (χ0v) is 9.67. The molecule has 1 N–H and O–H groups in total. The molecule has 2 rings (SSSR count). The van der Waals surface area contributed by atoms with Crippen LogP contribution in [0.2, 0.25) is 0 Å². The highest BCUT2D eigenvalue weighted by Gasteiger charge is 2.29. The lowest BCUT2D eigenvalue weighted by molar-refractivity contribution is -0.136. The molecule has 0 saturated carbocycles. The first-order valence-corrected chi connectivity index (χ1v) is 6.30. The van der Waals surface area contributed by atoms with Crippen molar-refractivity contribution in [3.05, 3.63) is 0 Å². The van der Waals surface area contributed by atoms with E-state index in [4.69, 9.17) is 0 Å². The Bertz CT molecular complexity index is 224. The molecule has 0 spiro atoms. The summed E-state index contributed by atoms with van der Waals surface area (Å²) in [7, 11) is 0. The van der Waals surface area contributed by atoms with Gasteiger partial charge in [-0.25, -0.2) is 0 Å². The normalized spacial score (nSPS) is 31.9. The molecule has 0 bridgehead atoms. The van der Waals surface area contributed by atoms with Gasteiger partial charge in [-0.15, -0.1) is 0 Å². The fourth-order valence-electron chi connectivity index (χ4n) is 2.72. The summed E-state index contributed by atoms with van der Waals surface area (Å²) in [6, 6.07) is 0. The topological polar surface area (TPSA) is 32.3 Å². The molecule has 0 radical (unpaired) electrons. The molecule has 2 aliphatic heterocycles. The highest BCUT2D eigenvalue weighted by atomic mass is 16.2. The smallest absolute Gasteiger partial charge is 0.227 e. The molecular weight excluding hydrogens is 188 g/mol. The number of amides is 1. The van der Waals surface area contributed by atoms with Gasteiger partial charge in [-0.05, 0) is 31.7 Å². The summed E-state index contributed by atoms with van der Waals surface area (Å²) in [5.41, 5.74) is 0. The van der Waals surface area contributed by atoms with E-state index in [1.54, 1.807) is 0 Å². The molecule has 2 fully saturated rings. The van der Waals surface area contributed by atoms with Crippen molar-refractivity contribution in [2.45, 2.75) is 32.6 Å². The standard InChI is InChI=1S/C12H22N2O/c1-2-10-4-3-7-14(9-10)12(15)11-5-6-13-8-11/h10-11,13H,2-9H2,1H3. The van der Waals surface area contributed by atoms with E-state index < -0.39 is 0 Å². The Morgan fingerprint density at radius 1 is 1.47 bits per heavy atom. The second kappa shape index (κ2) is 4.97. The quantitative estimate of drug-likeness (QED) is 0.744. The van der Waals surface area contributed by atoms with E-state index in [-0.39, 0.29) is 5.92 Å². The van der Waals surface area contributed by atoms with Crippen molar-refractivity contribution in [2.75, 3.05) is 26.2 Å². The van der Waals surface area contributed by atoms with E-state index in [9.17, 15) is 4.79 Å². The first kappa shape index (κ1) is 10.9. The van der Waals surface area contributed by atoms with Crippen molar-refractivity contribution < 1.29 is 4.79 Å². The highest BCUT2D eigenvalue weighted by molar-refractivity contribution is 5.79. The van der Waals surface area contributed by atoms with Crippen LogP contribution in [0.4, 0.5) is 0 Å². The van der Waals surface area contributed by atoms with Gasteiger partial charge in [-0.2, -0.15) is 0 Å². The van der Waals surface area contributed by atoms with Gasteiger partial charge in [-0.3, -0.25) is 4.79 Å². The van der Waals surface area contributed by atoms with Gasteiger partial charge in [0.2, 0.25) is 5.91 Å². The van der Waals surface area contributed by atoms with Gasteiger partial charge in [0.05, 0.1) is 5.92 Å². The van der Waals surface area contributed by atoms with Crippen LogP contribution >= 0.6 is 0 Å². The third-order valence-corrected chi connectivity index (χ3v) is 3.82. The lowest BCUT2D eigenvalue weighted by Gasteiger charge is -2.33. The van der Waals surface area contributed by atoms with E-state index >= 15 is 0 Å². The van der Waals surface area contributed by atoms with Crippen LogP contribution in [-0.2, 0) is 4.79 Å². The Morgan fingerprint density at radius 3 is 3.00 bits per heavy atom. The van der Waals surface area contributed by atoms with Gasteiger partial charge >= 0.3 is 0 Å². The van der Waals surface area contributed by atoms with Crippen LogP contribution in [0.25, 0.3) is 0 Å². The maximum Gasteiger partial charge on any atom is 0.227 e. The molecule has 1 amide bonds. The molecule has 2 unspecified atom stereocenters. The van der Waals surface area contributed by atoms with E-state index in [1.807, 2.05) is 0 Å². The van der Waals surface area contributed by atoms with Crippen molar-refractivity contribution in [3.63, 3.8) is 0 Å². The SMILES string of the molecule is CCC1CCCN(C(=O)C2CCNC2)C1. The Morgan fingerprint density at radius 2 is 2.33 bits per heavy atom. The first-order valence-electron chi connectivity index (χ1n) is 6.30. The summed E-state index contributed by atoms with van der Waals surface area (Å²) >= 11 is 0. The van der Waals surface area contributed by atoms with Crippen LogP contribution in [0, 0.1) is 11.8 Å². The van der Waals surface area contributed by atoms with Gasteiger partial charge < -0.3 is 10.2 Å². The van der Waals surface area contributed by atoms with Crippen LogP contribution in [0.1, 0.15) is 32.6 Å². The lowest BCUT2D eigenvalue weighted by atomic mass is 9.94. The summed E-state index contributed by atoms with van der Waals surface area (Å²) in [6.45, 7) is 6.14. The number of piperidine rings is 1. The second-order valence-corrected chi connectivity index (χ2v) is 4.89. The minimum Gasteiger partial charge on any atom is -0.342 e. The number of hydrogen-bond donors (Lipinski definition) is 1. The van der Waals surface area contributed by atoms with Crippen molar-refractivity contribution in [1.82, 2.24) is 10.2 Å². The molecule has 0 aromatic heterocycles. The van der Waals surface area contributed by atoms with Crippen molar-refractivity contribution >= 4 is 5.91 Å². The van der Waals surface area contributed by atoms with Crippen LogP contribution in [0.5, 0.6) is 0 Å². The Hall–Kier alpha value is -0.570. The molecule has 0 aromatic rings. The molecule has 86 valence electrons. The maximum atomic E-state index is 12.1. The number of carbonyl (C=O) groups is 1. The summed E-state index contributed by atoms with van der Waals surface area (Å²) in [4.78, 5) is 14.3. The largest absolute Gasteiger partial charge is 0.342 e. The van der Waals surface area contributed by atoms with Crippen LogP contribution in [0.15, 0.2) is 0 Å². The minimum atomic E-state index is 0.264. The average Bonchev–Trinajstić information content (AvgIpc) is 2.81. The number of rotatable bonds is 2. The monoisotopic (exact) mass is 210 g/mol. The van der Waals surface area contributed by atoms with Gasteiger partial charge in [-0.1, -0.05) is 13.3 Å². The fourth-order valence-corrected chi connectivity index (χ4v) is 2.72. The third-order valence-electron chi connectivity index (χ3n) is 3.82. The van der Waals surface area contributed by atoms with Gasteiger partial charge in [0.25, 0.3) is 0 Å². The molecule has 2 heterocycles. The van der Waals surface area contributed by atoms with E-state index in [2.05, 4.69) is 17.1 Å². The van der Waals surface area contributed by atoms with Crippen molar-refractivity contribution in [1.29, 1.82) is 0 Å². The van der Waals surface area contributed by atoms with E-state index in [0.29, 0.717) is 5.91 Å². The summed E-state index contributed by atoms with van der Waals surface area (Å²) < 4.78 is 0. The predicted octanol–water partition coefficient (Wildman–Crippen LogP) is 1.24. The number of carbonyl (C=O) groups excluding carboxylic acids is 1. The maximum absolute atomic E-state index is 12.1. The number of likely N-dealkylation sites (tertiary alicyclic amines) is 1. The second-order valence-electron chi connectivity index (χ2n) is 4.89. The first-order chi connectivity index (χ1) is 7.31. The summed E-state index contributed by atoms with van der Waals surface area (Å²) in [6.07, 6.45) is 4.76. The Labute approximate surface area is 92.2 Å². The molecule has 2 atom stereocenters. The zero-order chi connectivity index (χ0) is 10.7. The molecule has 0 aliphatic carbocycles.